The van der Waals surface area contributed by atoms with E-state index in [2.05, 4.69) is 5.32 Å². The van der Waals surface area contributed by atoms with Gasteiger partial charge >= 0.3 is 0 Å². The van der Waals surface area contributed by atoms with E-state index in [4.69, 9.17) is 4.74 Å². The van der Waals surface area contributed by atoms with Gasteiger partial charge in [-0.25, -0.2) is 4.39 Å². The fourth-order valence-electron chi connectivity index (χ4n) is 1.85. The van der Waals surface area contributed by atoms with Gasteiger partial charge in [0.2, 0.25) is 17.5 Å². The van der Waals surface area contributed by atoms with Gasteiger partial charge in [0.1, 0.15) is 5.82 Å². The van der Waals surface area contributed by atoms with Crippen molar-refractivity contribution in [3.63, 3.8) is 0 Å². The van der Waals surface area contributed by atoms with Gasteiger partial charge in [-0.2, -0.15) is 0 Å². The van der Waals surface area contributed by atoms with Crippen LogP contribution in [0.5, 0.6) is 0 Å². The van der Waals surface area contributed by atoms with Gasteiger partial charge < -0.3 is 9.84 Å². The second kappa shape index (κ2) is 4.38. The van der Waals surface area contributed by atoms with Crippen LogP contribution in [-0.2, 0) is 19.9 Å². The van der Waals surface area contributed by atoms with Crippen LogP contribution in [-0.4, -0.2) is 16.8 Å². The number of amides is 1. The Kier molecular flexibility index (Phi) is 3.01. The number of rotatable bonds is 2. The molecule has 1 amide bonds. The zero-order valence-corrected chi connectivity index (χ0v) is 10.4. The van der Waals surface area contributed by atoms with Crippen LogP contribution in [0.15, 0.2) is 35.9 Å². The summed E-state index contributed by atoms with van der Waals surface area (Å²) in [5.41, 5.74) is -1.30. The molecule has 0 bridgehead atoms. The molecule has 0 saturated heterocycles. The van der Waals surface area contributed by atoms with Crippen molar-refractivity contribution in [2.24, 2.45) is 0 Å². The molecule has 1 aromatic rings. The van der Waals surface area contributed by atoms with Crippen LogP contribution in [0.25, 0.3) is 0 Å². The van der Waals surface area contributed by atoms with E-state index < -0.39 is 28.9 Å². The van der Waals surface area contributed by atoms with Crippen LogP contribution in [0, 0.1) is 5.82 Å². The van der Waals surface area contributed by atoms with E-state index in [9.17, 15) is 19.1 Å². The quantitative estimate of drug-likeness (QED) is 0.849. The number of carbonyl (C=O) groups excluding carboxylic acids is 2. The molecule has 0 aliphatic carbocycles. The number of hydrogen-bond acceptors (Lipinski definition) is 4. The Bertz CT molecular complexity index is 596. The Hall–Kier alpha value is -2.37. The second-order valence-corrected chi connectivity index (χ2v) is 4.33. The normalized spacial score (nSPS) is 22.4. The summed E-state index contributed by atoms with van der Waals surface area (Å²) in [4.78, 5) is 23.0. The van der Waals surface area contributed by atoms with E-state index in [-0.39, 0.29) is 11.4 Å². The fourth-order valence-corrected chi connectivity index (χ4v) is 1.85. The molecule has 1 aromatic carbocycles. The molecule has 1 aliphatic heterocycles. The van der Waals surface area contributed by atoms with Gasteiger partial charge in [-0.3, -0.25) is 14.9 Å². The predicted octanol–water partition coefficient (Wildman–Crippen LogP) is 1.50. The maximum absolute atomic E-state index is 13.2. The summed E-state index contributed by atoms with van der Waals surface area (Å²) in [5, 5.41) is 11.9. The van der Waals surface area contributed by atoms with Crippen molar-refractivity contribution in [2.45, 2.75) is 19.4 Å². The number of ketones is 1. The topological polar surface area (TPSA) is 75.6 Å². The van der Waals surface area contributed by atoms with Gasteiger partial charge in [-0.1, -0.05) is 12.1 Å². The zero-order chi connectivity index (χ0) is 14.2. The first-order chi connectivity index (χ1) is 8.84. The minimum absolute atomic E-state index is 0.254. The summed E-state index contributed by atoms with van der Waals surface area (Å²) in [5.74, 6) is -2.74. The van der Waals surface area contributed by atoms with E-state index in [0.29, 0.717) is 0 Å². The maximum atomic E-state index is 13.2. The SMILES string of the molecule is CC(=O)NC1=C(O)C(=O)C(C)(c2cccc(F)c2)O1. The van der Waals surface area contributed by atoms with Crippen molar-refractivity contribution >= 4 is 11.7 Å². The average molecular weight is 265 g/mol. The predicted molar refractivity (Wildman–Crippen MR) is 63.3 cm³/mol. The van der Waals surface area contributed by atoms with Crippen LogP contribution in [0.1, 0.15) is 19.4 Å². The second-order valence-electron chi connectivity index (χ2n) is 4.33. The van der Waals surface area contributed by atoms with Gasteiger partial charge in [0.15, 0.2) is 5.60 Å². The summed E-state index contributed by atoms with van der Waals surface area (Å²) >= 11 is 0. The molecule has 6 heteroatoms. The van der Waals surface area contributed by atoms with Crippen molar-refractivity contribution in [3.05, 3.63) is 47.3 Å². The van der Waals surface area contributed by atoms with E-state index in [0.717, 1.165) is 6.07 Å². The molecule has 2 N–H and O–H groups in total. The molecule has 1 unspecified atom stereocenters. The first kappa shape index (κ1) is 13.1. The summed E-state index contributed by atoms with van der Waals surface area (Å²) in [6.07, 6.45) is 0. The monoisotopic (exact) mass is 265 g/mol. The molecule has 1 atom stereocenters. The van der Waals surface area contributed by atoms with Gasteiger partial charge in [0.25, 0.3) is 5.78 Å². The lowest BCUT2D eigenvalue weighted by molar-refractivity contribution is -0.132. The van der Waals surface area contributed by atoms with Crippen molar-refractivity contribution in [1.29, 1.82) is 0 Å². The highest BCUT2D eigenvalue weighted by Gasteiger charge is 2.48. The number of aliphatic hydroxyl groups is 1. The van der Waals surface area contributed by atoms with Crippen LogP contribution < -0.4 is 5.32 Å². The van der Waals surface area contributed by atoms with Crippen LogP contribution in [0.2, 0.25) is 0 Å². The Morgan fingerprint density at radius 1 is 1.47 bits per heavy atom. The molecule has 0 radical (unpaired) electrons. The molecule has 2 rings (SSSR count). The molecule has 100 valence electrons. The summed E-state index contributed by atoms with van der Waals surface area (Å²) in [7, 11) is 0. The van der Waals surface area contributed by atoms with E-state index in [1.807, 2.05) is 0 Å². The molecule has 1 aliphatic rings. The third kappa shape index (κ3) is 2.16. The van der Waals surface area contributed by atoms with Gasteiger partial charge in [0, 0.05) is 12.5 Å². The van der Waals surface area contributed by atoms with Crippen LogP contribution in [0.4, 0.5) is 4.39 Å². The molecule has 5 nitrogen and oxygen atoms in total. The van der Waals surface area contributed by atoms with E-state index in [1.165, 1.54) is 32.0 Å². The van der Waals surface area contributed by atoms with Crippen molar-refractivity contribution < 1.29 is 23.8 Å². The highest BCUT2D eigenvalue weighted by molar-refractivity contribution is 6.03. The highest BCUT2D eigenvalue weighted by atomic mass is 19.1. The minimum atomic E-state index is -1.55. The number of benzene rings is 1. The Morgan fingerprint density at radius 3 is 2.74 bits per heavy atom. The third-order valence-electron chi connectivity index (χ3n) is 2.83. The number of carbonyl (C=O) groups is 2. The number of hydrogen-bond donors (Lipinski definition) is 2. The molecular formula is C13H12FNO4. The smallest absolute Gasteiger partial charge is 0.250 e. The number of Topliss-reactive ketones (excluding diaryl/α,β-unsaturated/α-hetero) is 1. The highest BCUT2D eigenvalue weighted by Crippen LogP contribution is 2.36. The fraction of sp³-hybridized carbons (Fsp3) is 0.231. The summed E-state index contributed by atoms with van der Waals surface area (Å²) in [6, 6.07) is 5.31. The number of aliphatic hydroxyl groups excluding tert-OH is 1. The number of ether oxygens (including phenoxy) is 1. The zero-order valence-electron chi connectivity index (χ0n) is 10.4. The first-order valence-corrected chi connectivity index (χ1v) is 5.55. The van der Waals surface area contributed by atoms with Gasteiger partial charge in [0.05, 0.1) is 0 Å². The lowest BCUT2D eigenvalue weighted by Crippen LogP contribution is -2.32. The average Bonchev–Trinajstić information content (AvgIpc) is 2.55. The summed E-state index contributed by atoms with van der Waals surface area (Å²) in [6.45, 7) is 2.61. The van der Waals surface area contributed by atoms with Crippen molar-refractivity contribution in [2.75, 3.05) is 0 Å². The molecule has 19 heavy (non-hydrogen) atoms. The molecule has 0 saturated carbocycles. The van der Waals surface area contributed by atoms with E-state index in [1.54, 1.807) is 0 Å². The lowest BCUT2D eigenvalue weighted by Gasteiger charge is -2.23. The standard InChI is InChI=1S/C13H12FNO4/c1-7(16)15-12-10(17)11(18)13(2,19-12)8-4-3-5-9(14)6-8/h3-6,17H,1-2H3,(H,15,16). The first-order valence-electron chi connectivity index (χ1n) is 5.55. The van der Waals surface area contributed by atoms with Crippen LogP contribution >= 0.6 is 0 Å². The van der Waals surface area contributed by atoms with Crippen molar-refractivity contribution in [1.82, 2.24) is 5.32 Å². The Labute approximate surface area is 108 Å². The molecule has 0 fully saturated rings. The Balaban J connectivity index is 2.39. The minimum Gasteiger partial charge on any atom is -0.501 e. The summed E-state index contributed by atoms with van der Waals surface area (Å²) < 4.78 is 18.5. The molecule has 1 heterocycles. The Morgan fingerprint density at radius 2 is 2.16 bits per heavy atom. The maximum Gasteiger partial charge on any atom is 0.250 e. The van der Waals surface area contributed by atoms with Gasteiger partial charge in [-0.05, 0) is 19.1 Å². The molecule has 0 spiro atoms. The van der Waals surface area contributed by atoms with Crippen molar-refractivity contribution in [3.8, 4) is 0 Å². The van der Waals surface area contributed by atoms with E-state index >= 15 is 0 Å². The van der Waals surface area contributed by atoms with Gasteiger partial charge in [-0.15, -0.1) is 0 Å². The number of halogens is 1. The lowest BCUT2D eigenvalue weighted by atomic mass is 9.91. The largest absolute Gasteiger partial charge is 0.501 e. The third-order valence-corrected chi connectivity index (χ3v) is 2.83. The number of nitrogens with one attached hydrogen (secondary N) is 1. The molecule has 0 aromatic heterocycles. The molecular weight excluding hydrogens is 253 g/mol. The van der Waals surface area contributed by atoms with Crippen LogP contribution in [0.3, 0.4) is 0 Å².